The van der Waals surface area contributed by atoms with Crippen LogP contribution in [0.25, 0.3) is 0 Å². The van der Waals surface area contributed by atoms with Crippen molar-refractivity contribution in [3.63, 3.8) is 0 Å². The number of rotatable bonds is 6. The number of nitrogens with one attached hydrogen (secondary N) is 1. The molecule has 0 saturated heterocycles. The van der Waals surface area contributed by atoms with E-state index in [1.54, 1.807) is 0 Å². The van der Waals surface area contributed by atoms with Gasteiger partial charge in [0.15, 0.2) is 5.75 Å². The first-order chi connectivity index (χ1) is 9.31. The molecule has 0 heterocycles. The molecule has 0 aliphatic rings. The van der Waals surface area contributed by atoms with E-state index in [4.69, 9.17) is 0 Å². The number of ether oxygens (including phenoxy) is 1. The van der Waals surface area contributed by atoms with Gasteiger partial charge in [0.2, 0.25) is 5.91 Å². The Morgan fingerprint density at radius 2 is 2.00 bits per heavy atom. The largest absolute Gasteiger partial charge is 0.573 e. The number of carbonyl (C=O) groups excluding carboxylic acids is 1. The molecule has 0 saturated carbocycles. The highest BCUT2D eigenvalue weighted by atomic mass is 79.9. The second kappa shape index (κ2) is 7.87. The number of benzene rings is 1. The van der Waals surface area contributed by atoms with Gasteiger partial charge in [0.25, 0.3) is 0 Å². The molecule has 1 rings (SSSR count). The van der Waals surface area contributed by atoms with Gasteiger partial charge >= 0.3 is 6.36 Å². The van der Waals surface area contributed by atoms with Gasteiger partial charge in [-0.3, -0.25) is 4.79 Å². The van der Waals surface area contributed by atoms with E-state index in [1.165, 1.54) is 12.1 Å². The summed E-state index contributed by atoms with van der Waals surface area (Å²) in [5, 5.41) is 3.20. The van der Waals surface area contributed by atoms with Crippen LogP contribution in [0, 0.1) is 0 Å². The molecule has 1 amide bonds. The lowest BCUT2D eigenvalue weighted by molar-refractivity contribution is -0.274. The summed E-state index contributed by atoms with van der Waals surface area (Å²) in [5.74, 6) is -0.791. The highest BCUT2D eigenvalue weighted by Gasteiger charge is 2.32. The van der Waals surface area contributed by atoms with E-state index < -0.39 is 12.1 Å². The van der Waals surface area contributed by atoms with Gasteiger partial charge in [-0.15, -0.1) is 13.2 Å². The lowest BCUT2D eigenvalue weighted by Crippen LogP contribution is -2.19. The number of halogens is 5. The van der Waals surface area contributed by atoms with Gasteiger partial charge in [-0.2, -0.15) is 0 Å². The molecule has 8 heteroatoms. The first-order valence-electron chi connectivity index (χ1n) is 5.73. The van der Waals surface area contributed by atoms with E-state index in [0.717, 1.165) is 17.8 Å². The predicted octanol–water partition coefficient (Wildman–Crippen LogP) is 4.85. The third-order valence-corrected chi connectivity index (χ3v) is 3.28. The monoisotopic (exact) mass is 417 g/mol. The Kier molecular flexibility index (Phi) is 6.81. The average molecular weight is 419 g/mol. The fourth-order valence-corrected chi connectivity index (χ4v) is 2.14. The molecule has 0 fully saturated rings. The van der Waals surface area contributed by atoms with Gasteiger partial charge < -0.3 is 10.1 Å². The number of unbranched alkanes of at least 4 members (excludes halogenated alkanes) is 1. The minimum atomic E-state index is -4.81. The van der Waals surface area contributed by atoms with Crippen LogP contribution in [-0.4, -0.2) is 17.6 Å². The molecule has 0 radical (unpaired) electrons. The summed E-state index contributed by atoms with van der Waals surface area (Å²) in [5.41, 5.74) is -0.00522. The van der Waals surface area contributed by atoms with Gasteiger partial charge in [-0.25, -0.2) is 0 Å². The Bertz CT molecular complexity index is 467. The van der Waals surface area contributed by atoms with Gasteiger partial charge in [-0.05, 0) is 31.0 Å². The molecule has 112 valence electrons. The molecule has 0 unspecified atom stereocenters. The second-order valence-electron chi connectivity index (χ2n) is 3.88. The van der Waals surface area contributed by atoms with Crippen molar-refractivity contribution in [3.8, 4) is 5.75 Å². The molecule has 0 aliphatic carbocycles. The van der Waals surface area contributed by atoms with Crippen molar-refractivity contribution in [2.45, 2.75) is 25.6 Å². The summed E-state index contributed by atoms with van der Waals surface area (Å²) in [6.07, 6.45) is -3.09. The summed E-state index contributed by atoms with van der Waals surface area (Å²) < 4.78 is 41.2. The van der Waals surface area contributed by atoms with Gasteiger partial charge in [0, 0.05) is 16.2 Å². The maximum absolute atomic E-state index is 12.3. The van der Waals surface area contributed by atoms with Crippen LogP contribution < -0.4 is 10.1 Å². The molecular formula is C12H12Br2F3NO2. The maximum Gasteiger partial charge on any atom is 0.573 e. The van der Waals surface area contributed by atoms with Gasteiger partial charge in [-0.1, -0.05) is 31.9 Å². The van der Waals surface area contributed by atoms with Crippen molar-refractivity contribution < 1.29 is 22.7 Å². The van der Waals surface area contributed by atoms with Crippen LogP contribution >= 0.6 is 31.9 Å². The van der Waals surface area contributed by atoms with Crippen molar-refractivity contribution in [1.29, 1.82) is 0 Å². The standard InChI is InChI=1S/C12H12Br2F3NO2/c13-6-2-1-3-11(19)18-9-5-4-8(14)7-10(9)20-12(15,16)17/h4-5,7H,1-3,6H2,(H,18,19). The van der Waals surface area contributed by atoms with Crippen LogP contribution in [0.15, 0.2) is 22.7 Å². The van der Waals surface area contributed by atoms with Crippen molar-refractivity contribution >= 4 is 43.5 Å². The van der Waals surface area contributed by atoms with Crippen LogP contribution in [0.2, 0.25) is 0 Å². The highest BCUT2D eigenvalue weighted by molar-refractivity contribution is 9.10. The number of carbonyl (C=O) groups is 1. The summed E-state index contributed by atoms with van der Waals surface area (Å²) in [7, 11) is 0. The Hall–Kier alpha value is -0.760. The summed E-state index contributed by atoms with van der Waals surface area (Å²) in [6.45, 7) is 0. The van der Waals surface area contributed by atoms with Gasteiger partial charge in [0.1, 0.15) is 0 Å². The first kappa shape index (κ1) is 17.3. The van der Waals surface area contributed by atoms with Crippen molar-refractivity contribution in [3.05, 3.63) is 22.7 Å². The van der Waals surface area contributed by atoms with E-state index in [2.05, 4.69) is 41.9 Å². The van der Waals surface area contributed by atoms with Crippen LogP contribution in [0.1, 0.15) is 19.3 Å². The Morgan fingerprint density at radius 3 is 2.60 bits per heavy atom. The van der Waals surface area contributed by atoms with E-state index in [9.17, 15) is 18.0 Å². The highest BCUT2D eigenvalue weighted by Crippen LogP contribution is 2.33. The topological polar surface area (TPSA) is 38.3 Å². The zero-order valence-corrected chi connectivity index (χ0v) is 13.4. The molecule has 20 heavy (non-hydrogen) atoms. The number of anilines is 1. The SMILES string of the molecule is O=C(CCCCBr)Nc1ccc(Br)cc1OC(F)(F)F. The van der Waals surface area contributed by atoms with Crippen LogP contribution in [-0.2, 0) is 4.79 Å². The molecule has 0 bridgehead atoms. The van der Waals surface area contributed by atoms with Crippen LogP contribution in [0.5, 0.6) is 5.75 Å². The minimum absolute atomic E-state index is 0.00522. The molecule has 1 aromatic rings. The van der Waals surface area contributed by atoms with E-state index in [0.29, 0.717) is 10.9 Å². The number of hydrogen-bond donors (Lipinski definition) is 1. The lowest BCUT2D eigenvalue weighted by atomic mass is 10.2. The molecule has 3 nitrogen and oxygen atoms in total. The summed E-state index contributed by atoms with van der Waals surface area (Å²) >= 11 is 6.29. The predicted molar refractivity (Wildman–Crippen MR) is 77.1 cm³/mol. The van der Waals surface area contributed by atoms with Gasteiger partial charge in [0.05, 0.1) is 5.69 Å². The quantitative estimate of drug-likeness (QED) is 0.529. The third-order valence-electron chi connectivity index (χ3n) is 2.23. The molecular weight excluding hydrogens is 407 g/mol. The van der Waals surface area contributed by atoms with Crippen molar-refractivity contribution in [2.24, 2.45) is 0 Å². The van der Waals surface area contributed by atoms with Crippen LogP contribution in [0.4, 0.5) is 18.9 Å². The third kappa shape index (κ3) is 6.60. The molecule has 1 aromatic carbocycles. The molecule has 1 N–H and O–H groups in total. The van der Waals surface area contributed by atoms with Crippen molar-refractivity contribution in [2.75, 3.05) is 10.6 Å². The lowest BCUT2D eigenvalue weighted by Gasteiger charge is -2.14. The minimum Gasteiger partial charge on any atom is -0.404 e. The molecule has 0 aromatic heterocycles. The van der Waals surface area contributed by atoms with E-state index in [-0.39, 0.29) is 18.0 Å². The zero-order valence-electron chi connectivity index (χ0n) is 10.3. The Labute approximate surface area is 131 Å². The van der Waals surface area contributed by atoms with Crippen LogP contribution in [0.3, 0.4) is 0 Å². The molecule has 0 atom stereocenters. The Morgan fingerprint density at radius 1 is 1.30 bits per heavy atom. The summed E-state index contributed by atoms with van der Waals surface area (Å²) in [4.78, 5) is 11.6. The average Bonchev–Trinajstić information content (AvgIpc) is 2.31. The first-order valence-corrected chi connectivity index (χ1v) is 7.64. The molecule has 0 spiro atoms. The second-order valence-corrected chi connectivity index (χ2v) is 5.59. The smallest absolute Gasteiger partial charge is 0.404 e. The van der Waals surface area contributed by atoms with E-state index >= 15 is 0 Å². The number of amides is 1. The van der Waals surface area contributed by atoms with E-state index in [1.807, 2.05) is 0 Å². The number of hydrogen-bond acceptors (Lipinski definition) is 2. The zero-order chi connectivity index (χ0) is 15.2. The van der Waals surface area contributed by atoms with Crippen molar-refractivity contribution in [1.82, 2.24) is 0 Å². The molecule has 0 aliphatic heterocycles. The summed E-state index contributed by atoms with van der Waals surface area (Å²) in [6, 6.07) is 4.03. The normalized spacial score (nSPS) is 11.2. The Balaban J connectivity index is 2.76. The fourth-order valence-electron chi connectivity index (χ4n) is 1.40. The maximum atomic E-state index is 12.3. The number of alkyl halides is 4. The fraction of sp³-hybridized carbons (Fsp3) is 0.417.